The van der Waals surface area contributed by atoms with Gasteiger partial charge in [-0.3, -0.25) is 0 Å². The molecule has 27 heavy (non-hydrogen) atoms. The molecule has 2 aliphatic rings. The third-order valence-electron chi connectivity index (χ3n) is 4.78. The van der Waals surface area contributed by atoms with E-state index in [2.05, 4.69) is 0 Å². The van der Waals surface area contributed by atoms with Gasteiger partial charge in [0.2, 0.25) is 10.0 Å². The van der Waals surface area contributed by atoms with Crippen LogP contribution in [0.25, 0.3) is 6.08 Å². The zero-order valence-corrected chi connectivity index (χ0v) is 16.2. The minimum atomic E-state index is -3.54. The second-order valence-corrected chi connectivity index (χ2v) is 8.78. The van der Waals surface area contributed by atoms with E-state index in [9.17, 15) is 8.42 Å². The van der Waals surface area contributed by atoms with Gasteiger partial charge in [-0.1, -0.05) is 29.8 Å². The molecule has 0 spiro atoms. The number of ether oxygens (including phenoxy) is 2. The minimum absolute atomic E-state index is 0.194. The van der Waals surface area contributed by atoms with Gasteiger partial charge in [0.25, 0.3) is 0 Å². The Hall–Kier alpha value is -2.02. The van der Waals surface area contributed by atoms with Gasteiger partial charge >= 0.3 is 0 Å². The van der Waals surface area contributed by atoms with E-state index in [4.69, 9.17) is 21.1 Å². The maximum absolute atomic E-state index is 12.9. The summed E-state index contributed by atoms with van der Waals surface area (Å²) < 4.78 is 38.6. The average Bonchev–Trinajstić information content (AvgIpc) is 3.18. The highest BCUT2D eigenvalue weighted by Gasteiger charge is 2.34. The summed E-state index contributed by atoms with van der Waals surface area (Å²) in [5.41, 5.74) is 1.72. The molecule has 1 fully saturated rings. The molecule has 142 valence electrons. The zero-order chi connectivity index (χ0) is 18.9. The molecular formula is C20H20ClNO4S. The highest BCUT2D eigenvalue weighted by molar-refractivity contribution is 7.92. The van der Waals surface area contributed by atoms with E-state index in [1.807, 2.05) is 18.2 Å². The Morgan fingerprint density at radius 1 is 1.04 bits per heavy atom. The number of nitrogens with zero attached hydrogens (tertiary/aromatic N) is 1. The molecule has 4 rings (SSSR count). The van der Waals surface area contributed by atoms with Crippen LogP contribution < -0.4 is 9.47 Å². The van der Waals surface area contributed by atoms with Crippen molar-refractivity contribution >= 4 is 27.7 Å². The lowest BCUT2D eigenvalue weighted by Gasteiger charge is -2.25. The Kier molecular flexibility index (Phi) is 5.12. The Bertz CT molecular complexity index is 956. The predicted octanol–water partition coefficient (Wildman–Crippen LogP) is 4.25. The number of fused-ring (bicyclic) bond motifs is 1. The van der Waals surface area contributed by atoms with Crippen LogP contribution in [0.2, 0.25) is 5.02 Å². The lowest BCUT2D eigenvalue weighted by Crippen LogP contribution is -2.29. The number of halogens is 1. The number of sulfonamides is 1. The van der Waals surface area contributed by atoms with Gasteiger partial charge in [-0.2, -0.15) is 4.31 Å². The van der Waals surface area contributed by atoms with Crippen molar-refractivity contribution in [3.05, 3.63) is 64.0 Å². The van der Waals surface area contributed by atoms with Gasteiger partial charge in [0.15, 0.2) is 11.5 Å². The van der Waals surface area contributed by atoms with Gasteiger partial charge in [-0.25, -0.2) is 8.42 Å². The summed E-state index contributed by atoms with van der Waals surface area (Å²) in [5.74, 6) is 1.39. The number of rotatable bonds is 4. The summed E-state index contributed by atoms with van der Waals surface area (Å²) in [4.78, 5) is 0. The molecule has 0 aliphatic carbocycles. The number of benzene rings is 2. The summed E-state index contributed by atoms with van der Waals surface area (Å²) >= 11 is 5.87. The molecule has 5 nitrogen and oxygen atoms in total. The highest BCUT2D eigenvalue weighted by Crippen LogP contribution is 2.39. The summed E-state index contributed by atoms with van der Waals surface area (Å²) in [6.07, 6.45) is 3.21. The molecule has 2 aliphatic heterocycles. The normalized spacial score (nSPS) is 20.3. The molecule has 0 aromatic heterocycles. The molecule has 1 saturated heterocycles. The summed E-state index contributed by atoms with van der Waals surface area (Å²) in [5, 5.41) is 1.89. The van der Waals surface area contributed by atoms with Gasteiger partial charge in [0.1, 0.15) is 13.2 Å². The molecule has 0 bridgehead atoms. The van der Waals surface area contributed by atoms with E-state index in [1.54, 1.807) is 34.6 Å². The monoisotopic (exact) mass is 405 g/mol. The summed E-state index contributed by atoms with van der Waals surface area (Å²) in [6, 6.07) is 12.5. The maximum atomic E-state index is 12.9. The third kappa shape index (κ3) is 3.98. The molecule has 0 amide bonds. The fraction of sp³-hybridized carbons (Fsp3) is 0.300. The fourth-order valence-corrected chi connectivity index (χ4v) is 5.04. The van der Waals surface area contributed by atoms with Crippen molar-refractivity contribution in [2.45, 2.75) is 18.9 Å². The molecule has 7 heteroatoms. The standard InChI is InChI=1S/C20H20ClNO4S/c21-17-6-3-15(4-7-17)9-13-27(23,24)22-10-1-2-18(22)16-5-8-19-20(14-16)26-12-11-25-19/h3-9,13-14,18H,1-2,10-12H2/b13-9+/t18-/m0/s1. The Balaban J connectivity index is 1.57. The molecule has 1 atom stereocenters. The van der Waals surface area contributed by atoms with E-state index in [-0.39, 0.29) is 6.04 Å². The first-order valence-corrected chi connectivity index (χ1v) is 10.8. The van der Waals surface area contributed by atoms with Gasteiger partial charge < -0.3 is 9.47 Å². The molecular weight excluding hydrogens is 386 g/mol. The maximum Gasteiger partial charge on any atom is 0.236 e. The van der Waals surface area contributed by atoms with Crippen molar-refractivity contribution in [3.63, 3.8) is 0 Å². The van der Waals surface area contributed by atoms with Crippen LogP contribution in [0.3, 0.4) is 0 Å². The van der Waals surface area contributed by atoms with E-state index >= 15 is 0 Å². The first-order valence-electron chi connectivity index (χ1n) is 8.88. The Labute approximate surface area is 164 Å². The van der Waals surface area contributed by atoms with E-state index < -0.39 is 10.0 Å². The first-order chi connectivity index (χ1) is 13.0. The largest absolute Gasteiger partial charge is 0.486 e. The van der Waals surface area contributed by atoms with Crippen molar-refractivity contribution < 1.29 is 17.9 Å². The van der Waals surface area contributed by atoms with Crippen LogP contribution in [-0.4, -0.2) is 32.5 Å². The molecule has 0 N–H and O–H groups in total. The lowest BCUT2D eigenvalue weighted by atomic mass is 10.0. The zero-order valence-electron chi connectivity index (χ0n) is 14.7. The van der Waals surface area contributed by atoms with E-state index in [0.717, 1.165) is 24.0 Å². The lowest BCUT2D eigenvalue weighted by molar-refractivity contribution is 0.171. The Morgan fingerprint density at radius 3 is 2.56 bits per heavy atom. The molecule has 2 heterocycles. The van der Waals surface area contributed by atoms with Crippen LogP contribution in [0.4, 0.5) is 0 Å². The molecule has 2 aromatic carbocycles. The SMILES string of the molecule is O=S(=O)(/C=C/c1ccc(Cl)cc1)N1CCC[C@H]1c1ccc2c(c1)OCCO2. The second-order valence-electron chi connectivity index (χ2n) is 6.57. The number of hydrogen-bond acceptors (Lipinski definition) is 4. The smallest absolute Gasteiger partial charge is 0.236 e. The summed E-state index contributed by atoms with van der Waals surface area (Å²) in [7, 11) is -3.54. The van der Waals surface area contributed by atoms with Crippen molar-refractivity contribution in [2.75, 3.05) is 19.8 Å². The molecule has 0 saturated carbocycles. The average molecular weight is 406 g/mol. The van der Waals surface area contributed by atoms with E-state index in [1.165, 1.54) is 5.41 Å². The predicted molar refractivity (Wildman–Crippen MR) is 106 cm³/mol. The first kappa shape index (κ1) is 18.3. The van der Waals surface area contributed by atoms with Crippen LogP contribution in [-0.2, 0) is 10.0 Å². The minimum Gasteiger partial charge on any atom is -0.486 e. The van der Waals surface area contributed by atoms with Crippen molar-refractivity contribution in [1.82, 2.24) is 4.31 Å². The topological polar surface area (TPSA) is 55.8 Å². The molecule has 0 radical (unpaired) electrons. The van der Waals surface area contributed by atoms with Crippen LogP contribution >= 0.6 is 11.6 Å². The third-order valence-corrected chi connectivity index (χ3v) is 6.61. The van der Waals surface area contributed by atoms with Crippen LogP contribution in [0.15, 0.2) is 47.9 Å². The van der Waals surface area contributed by atoms with Gasteiger partial charge in [-0.05, 0) is 54.3 Å². The molecule has 0 unspecified atom stereocenters. The second kappa shape index (κ2) is 7.54. The van der Waals surface area contributed by atoms with Gasteiger partial charge in [-0.15, -0.1) is 0 Å². The molecule has 2 aromatic rings. The van der Waals surface area contributed by atoms with Crippen LogP contribution in [0.5, 0.6) is 11.5 Å². The Morgan fingerprint density at radius 2 is 1.78 bits per heavy atom. The summed E-state index contributed by atoms with van der Waals surface area (Å²) in [6.45, 7) is 1.55. The van der Waals surface area contributed by atoms with Crippen molar-refractivity contribution in [2.24, 2.45) is 0 Å². The van der Waals surface area contributed by atoms with Crippen molar-refractivity contribution in [3.8, 4) is 11.5 Å². The van der Waals surface area contributed by atoms with E-state index in [0.29, 0.717) is 36.3 Å². The van der Waals surface area contributed by atoms with Gasteiger partial charge in [0.05, 0.1) is 6.04 Å². The van der Waals surface area contributed by atoms with Crippen molar-refractivity contribution in [1.29, 1.82) is 0 Å². The van der Waals surface area contributed by atoms with Crippen LogP contribution in [0, 0.1) is 0 Å². The van der Waals surface area contributed by atoms with Gasteiger partial charge in [0, 0.05) is 17.0 Å². The fourth-order valence-electron chi connectivity index (χ4n) is 3.46. The highest BCUT2D eigenvalue weighted by atomic mass is 35.5. The van der Waals surface area contributed by atoms with Crippen LogP contribution in [0.1, 0.15) is 30.0 Å². The quantitative estimate of drug-likeness (QED) is 0.763. The number of hydrogen-bond donors (Lipinski definition) is 0.